The molecule has 1 aliphatic carbocycles. The van der Waals surface area contributed by atoms with Crippen molar-refractivity contribution in [1.29, 1.82) is 0 Å². The van der Waals surface area contributed by atoms with Crippen LogP contribution in [0, 0.1) is 10.1 Å². The fourth-order valence-electron chi connectivity index (χ4n) is 4.09. The third-order valence-electron chi connectivity index (χ3n) is 5.76. The molecular weight excluding hydrogens is 490 g/mol. The number of benzene rings is 3. The zero-order valence-corrected chi connectivity index (χ0v) is 19.5. The number of para-hydroxylation sites is 1. The number of hydrogen-bond donors (Lipinski definition) is 3. The molecule has 1 amide bonds. The summed E-state index contributed by atoms with van der Waals surface area (Å²) in [7, 11) is -4.44. The van der Waals surface area contributed by atoms with Crippen LogP contribution in [-0.2, 0) is 19.6 Å². The van der Waals surface area contributed by atoms with Crippen LogP contribution in [0.4, 0.5) is 10.5 Å². The van der Waals surface area contributed by atoms with Crippen LogP contribution >= 0.6 is 0 Å². The molecule has 186 valence electrons. The maximum atomic E-state index is 12.6. The Kier molecular flexibility index (Phi) is 6.99. The summed E-state index contributed by atoms with van der Waals surface area (Å²) in [6.45, 7) is -0.817. The Morgan fingerprint density at radius 2 is 1.53 bits per heavy atom. The Labute approximate surface area is 205 Å². The Morgan fingerprint density at radius 1 is 0.972 bits per heavy atom. The summed E-state index contributed by atoms with van der Waals surface area (Å²) in [5.41, 5.74) is 3.32. The van der Waals surface area contributed by atoms with Gasteiger partial charge in [-0.25, -0.2) is 22.7 Å². The molecule has 36 heavy (non-hydrogen) atoms. The van der Waals surface area contributed by atoms with Crippen molar-refractivity contribution >= 4 is 27.8 Å². The molecule has 0 bridgehead atoms. The minimum absolute atomic E-state index is 0.0614. The highest BCUT2D eigenvalue weighted by molar-refractivity contribution is 7.89. The molecule has 0 radical (unpaired) electrons. The van der Waals surface area contributed by atoms with Crippen molar-refractivity contribution in [3.8, 4) is 11.1 Å². The maximum absolute atomic E-state index is 12.6. The van der Waals surface area contributed by atoms with Crippen molar-refractivity contribution < 1.29 is 32.8 Å². The highest BCUT2D eigenvalue weighted by Gasteiger charge is 2.31. The van der Waals surface area contributed by atoms with Crippen molar-refractivity contribution in [2.45, 2.75) is 16.9 Å². The van der Waals surface area contributed by atoms with Gasteiger partial charge in [0.1, 0.15) is 12.6 Å². The van der Waals surface area contributed by atoms with Crippen LogP contribution in [0.25, 0.3) is 11.1 Å². The fourth-order valence-corrected chi connectivity index (χ4v) is 5.31. The minimum atomic E-state index is -4.44. The molecule has 1 aliphatic rings. The van der Waals surface area contributed by atoms with Gasteiger partial charge in [-0.05, 0) is 28.3 Å². The molecular formula is C24H21N3O8S. The van der Waals surface area contributed by atoms with Crippen LogP contribution < -0.4 is 10.0 Å². The molecule has 3 N–H and O–H groups in total. The number of rotatable bonds is 9. The molecule has 11 nitrogen and oxygen atoms in total. The summed E-state index contributed by atoms with van der Waals surface area (Å²) in [6, 6.07) is 18.3. The zero-order valence-electron chi connectivity index (χ0n) is 18.7. The lowest BCUT2D eigenvalue weighted by molar-refractivity contribution is -0.387. The molecule has 1 atom stereocenters. The third kappa shape index (κ3) is 5.04. The number of sulfonamides is 1. The molecule has 0 heterocycles. The molecule has 0 saturated heterocycles. The highest BCUT2D eigenvalue weighted by atomic mass is 32.2. The topological polar surface area (TPSA) is 165 Å². The Bertz CT molecular complexity index is 1400. The van der Waals surface area contributed by atoms with E-state index in [9.17, 15) is 33.2 Å². The van der Waals surface area contributed by atoms with Gasteiger partial charge >= 0.3 is 12.1 Å². The second kappa shape index (κ2) is 10.1. The number of fused-ring (bicyclic) bond motifs is 3. The SMILES string of the molecule is O=C(N[C@H](CNS(=O)(=O)c1ccccc1[N+](=O)[O-])C(=O)O)OCC1c2ccccc2-c2ccccc21. The number of carbonyl (C=O) groups excluding carboxylic acids is 1. The van der Waals surface area contributed by atoms with Crippen molar-refractivity contribution in [2.75, 3.05) is 13.2 Å². The predicted octanol–water partition coefficient (Wildman–Crippen LogP) is 2.87. The number of nitrogens with zero attached hydrogens (tertiary/aromatic N) is 1. The van der Waals surface area contributed by atoms with Crippen molar-refractivity contribution in [3.05, 3.63) is 94.0 Å². The van der Waals surface area contributed by atoms with Crippen LogP contribution in [0.5, 0.6) is 0 Å². The number of ether oxygens (including phenoxy) is 1. The van der Waals surface area contributed by atoms with Crippen LogP contribution in [0.2, 0.25) is 0 Å². The summed E-state index contributed by atoms with van der Waals surface area (Å²) in [6.07, 6.45) is -1.05. The number of nitro benzene ring substituents is 1. The Hall–Kier alpha value is -4.29. The summed E-state index contributed by atoms with van der Waals surface area (Å²) >= 11 is 0. The molecule has 0 aliphatic heterocycles. The number of carboxylic acid groups (broad SMARTS) is 1. The first kappa shape index (κ1) is 24.8. The Balaban J connectivity index is 1.41. The molecule has 0 unspecified atom stereocenters. The van der Waals surface area contributed by atoms with E-state index in [2.05, 4.69) is 5.32 Å². The van der Waals surface area contributed by atoms with Crippen molar-refractivity contribution in [2.24, 2.45) is 0 Å². The lowest BCUT2D eigenvalue weighted by atomic mass is 9.98. The van der Waals surface area contributed by atoms with Gasteiger partial charge in [-0.2, -0.15) is 0 Å². The van der Waals surface area contributed by atoms with Gasteiger partial charge in [-0.1, -0.05) is 60.7 Å². The number of aliphatic carboxylic acids is 1. The van der Waals surface area contributed by atoms with Gasteiger partial charge in [-0.15, -0.1) is 0 Å². The molecule has 0 aromatic heterocycles. The van der Waals surface area contributed by atoms with Gasteiger partial charge in [0.15, 0.2) is 4.90 Å². The van der Waals surface area contributed by atoms with Gasteiger partial charge in [0, 0.05) is 18.5 Å². The summed E-state index contributed by atoms with van der Waals surface area (Å²) in [5.74, 6) is -1.77. The number of carbonyl (C=O) groups is 2. The van der Waals surface area contributed by atoms with Crippen LogP contribution in [-0.4, -0.2) is 49.7 Å². The summed E-state index contributed by atoms with van der Waals surface area (Å²) < 4.78 is 32.4. The number of nitrogens with one attached hydrogen (secondary N) is 2. The Morgan fingerprint density at radius 3 is 2.11 bits per heavy atom. The van der Waals surface area contributed by atoms with Gasteiger partial charge in [0.25, 0.3) is 5.69 Å². The molecule has 0 spiro atoms. The first-order valence-electron chi connectivity index (χ1n) is 10.8. The van der Waals surface area contributed by atoms with E-state index >= 15 is 0 Å². The van der Waals surface area contributed by atoms with E-state index in [1.165, 1.54) is 12.1 Å². The molecule has 4 rings (SSSR count). The number of amides is 1. The normalized spacial score (nSPS) is 13.3. The standard InChI is InChI=1S/C24H21N3O8S/c28-23(29)20(13-25-36(33,34)22-12-6-5-11-21(22)27(31)32)26-24(30)35-14-19-17-9-3-1-7-15(17)16-8-2-4-10-18(16)19/h1-12,19-20,25H,13-14H2,(H,26,30)(H,28,29)/t20-/m1/s1. The van der Waals surface area contributed by atoms with E-state index in [1.54, 1.807) is 0 Å². The summed E-state index contributed by atoms with van der Waals surface area (Å²) in [5, 5.41) is 22.7. The van der Waals surface area contributed by atoms with Crippen molar-refractivity contribution in [1.82, 2.24) is 10.0 Å². The fraction of sp³-hybridized carbons (Fsp3) is 0.167. The molecule has 3 aromatic rings. The van der Waals surface area contributed by atoms with Crippen molar-refractivity contribution in [3.63, 3.8) is 0 Å². The number of carboxylic acids is 1. The van der Waals surface area contributed by atoms with E-state index in [0.29, 0.717) is 0 Å². The minimum Gasteiger partial charge on any atom is -0.480 e. The average Bonchev–Trinajstić information content (AvgIpc) is 3.18. The second-order valence-corrected chi connectivity index (χ2v) is 9.67. The highest BCUT2D eigenvalue weighted by Crippen LogP contribution is 2.44. The zero-order chi connectivity index (χ0) is 25.9. The third-order valence-corrected chi connectivity index (χ3v) is 7.23. The number of alkyl carbamates (subject to hydrolysis) is 1. The average molecular weight is 512 g/mol. The number of hydrogen-bond acceptors (Lipinski definition) is 7. The van der Waals surface area contributed by atoms with E-state index in [4.69, 9.17) is 4.74 Å². The summed E-state index contributed by atoms with van der Waals surface area (Å²) in [4.78, 5) is 33.7. The maximum Gasteiger partial charge on any atom is 0.407 e. The van der Waals surface area contributed by atoms with Gasteiger partial charge in [0.2, 0.25) is 10.0 Å². The molecule has 3 aromatic carbocycles. The quantitative estimate of drug-likeness (QED) is 0.291. The second-order valence-electron chi connectivity index (χ2n) is 7.94. The lowest BCUT2D eigenvalue weighted by Crippen LogP contribution is -2.48. The first-order chi connectivity index (χ1) is 17.2. The van der Waals surface area contributed by atoms with Gasteiger partial charge in [-0.3, -0.25) is 10.1 Å². The lowest BCUT2D eigenvalue weighted by Gasteiger charge is -2.18. The number of nitro groups is 1. The monoisotopic (exact) mass is 511 g/mol. The predicted molar refractivity (Wildman–Crippen MR) is 128 cm³/mol. The van der Waals surface area contributed by atoms with E-state index in [1.807, 2.05) is 53.3 Å². The molecule has 0 saturated carbocycles. The van der Waals surface area contributed by atoms with Crippen LogP contribution in [0.1, 0.15) is 17.0 Å². The van der Waals surface area contributed by atoms with Gasteiger partial charge < -0.3 is 15.2 Å². The molecule has 12 heteroatoms. The van der Waals surface area contributed by atoms with E-state index in [-0.39, 0.29) is 12.5 Å². The van der Waals surface area contributed by atoms with Crippen LogP contribution in [0.3, 0.4) is 0 Å². The van der Waals surface area contributed by atoms with E-state index < -0.39 is 50.2 Å². The first-order valence-corrected chi connectivity index (χ1v) is 12.2. The van der Waals surface area contributed by atoms with Crippen LogP contribution in [0.15, 0.2) is 77.7 Å². The van der Waals surface area contributed by atoms with E-state index in [0.717, 1.165) is 34.4 Å². The smallest absolute Gasteiger partial charge is 0.407 e. The largest absolute Gasteiger partial charge is 0.480 e. The van der Waals surface area contributed by atoms with Gasteiger partial charge in [0.05, 0.1) is 4.92 Å². The molecule has 0 fully saturated rings.